The van der Waals surface area contributed by atoms with Crippen molar-refractivity contribution in [1.29, 1.82) is 0 Å². The summed E-state index contributed by atoms with van der Waals surface area (Å²) in [5, 5.41) is 0. The molecule has 1 aromatic carbocycles. The number of para-hydroxylation sites is 1. The lowest BCUT2D eigenvalue weighted by Gasteiger charge is -2.37. The Balaban J connectivity index is 1.48. The summed E-state index contributed by atoms with van der Waals surface area (Å²) in [6, 6.07) is 10.3. The maximum atomic E-state index is 12.0. The number of carbonyl (C=O) groups excluding carboxylic acids is 1. The summed E-state index contributed by atoms with van der Waals surface area (Å²) in [4.78, 5) is 25.0. The average Bonchev–Trinajstić information content (AvgIpc) is 3.04. The Morgan fingerprint density at radius 3 is 2.96 bits per heavy atom. The number of piperazine rings is 1. The second-order valence-corrected chi connectivity index (χ2v) is 6.85. The average molecular weight is 338 g/mol. The molecule has 0 spiro atoms. The molecule has 130 valence electrons. The van der Waals surface area contributed by atoms with Crippen molar-refractivity contribution in [3.63, 3.8) is 0 Å². The first-order valence-corrected chi connectivity index (χ1v) is 8.64. The molecule has 2 aliphatic heterocycles. The zero-order chi connectivity index (χ0) is 17.4. The topological polar surface area (TPSA) is 58.6 Å². The van der Waals surface area contributed by atoms with E-state index in [9.17, 15) is 4.79 Å². The Morgan fingerprint density at radius 1 is 1.28 bits per heavy atom. The molecule has 1 saturated heterocycles. The van der Waals surface area contributed by atoms with Crippen LogP contribution < -0.4 is 4.74 Å². The van der Waals surface area contributed by atoms with E-state index in [1.807, 2.05) is 31.3 Å². The molecule has 0 radical (unpaired) electrons. The number of rotatable bonds is 3. The van der Waals surface area contributed by atoms with Crippen LogP contribution in [0.2, 0.25) is 0 Å². The molecule has 25 heavy (non-hydrogen) atoms. The van der Waals surface area contributed by atoms with Crippen LogP contribution in [-0.2, 0) is 17.8 Å². The van der Waals surface area contributed by atoms with E-state index in [0.717, 1.165) is 24.4 Å². The van der Waals surface area contributed by atoms with Crippen LogP contribution >= 0.6 is 0 Å². The number of ether oxygens (including phenoxy) is 1. The molecule has 0 aliphatic carbocycles. The zero-order valence-corrected chi connectivity index (χ0v) is 14.6. The van der Waals surface area contributed by atoms with E-state index in [0.29, 0.717) is 25.0 Å². The fourth-order valence-corrected chi connectivity index (χ4v) is 3.47. The Hall–Kier alpha value is -2.47. The lowest BCUT2D eigenvalue weighted by Crippen LogP contribution is -2.53. The monoisotopic (exact) mass is 338 g/mol. The van der Waals surface area contributed by atoms with Crippen molar-refractivity contribution >= 4 is 5.91 Å². The molecule has 6 nitrogen and oxygen atoms in total. The maximum Gasteiger partial charge on any atom is 0.236 e. The molecule has 3 heterocycles. The SMILES string of the molecule is CC1CN(C)C(=O)CN1Cc1ccnc(C2Cc3ccccc3O2)n1. The number of hydrogen-bond acceptors (Lipinski definition) is 5. The molecule has 2 unspecified atom stereocenters. The largest absolute Gasteiger partial charge is 0.482 e. The second kappa shape index (κ2) is 6.44. The number of nitrogens with zero attached hydrogens (tertiary/aromatic N) is 4. The molecular formula is C19H22N4O2. The number of likely N-dealkylation sites (N-methyl/N-ethyl adjacent to an activating group) is 1. The van der Waals surface area contributed by atoms with E-state index >= 15 is 0 Å². The number of aromatic nitrogens is 2. The van der Waals surface area contributed by atoms with Crippen molar-refractivity contribution in [2.45, 2.75) is 32.0 Å². The molecular weight excluding hydrogens is 316 g/mol. The summed E-state index contributed by atoms with van der Waals surface area (Å²) in [7, 11) is 1.86. The molecule has 1 amide bonds. The smallest absolute Gasteiger partial charge is 0.236 e. The highest BCUT2D eigenvalue weighted by Crippen LogP contribution is 2.34. The van der Waals surface area contributed by atoms with Crippen LogP contribution in [0.25, 0.3) is 0 Å². The summed E-state index contributed by atoms with van der Waals surface area (Å²) in [6.07, 6.45) is 2.44. The van der Waals surface area contributed by atoms with Crippen LogP contribution in [0.15, 0.2) is 36.5 Å². The Bertz CT molecular complexity index is 769. The van der Waals surface area contributed by atoms with Crippen LogP contribution in [0, 0.1) is 0 Å². The number of fused-ring (bicyclic) bond motifs is 1. The molecule has 0 N–H and O–H groups in total. The molecule has 0 bridgehead atoms. The van der Waals surface area contributed by atoms with Gasteiger partial charge in [-0.2, -0.15) is 0 Å². The Labute approximate surface area is 147 Å². The van der Waals surface area contributed by atoms with Gasteiger partial charge < -0.3 is 9.64 Å². The highest BCUT2D eigenvalue weighted by molar-refractivity contribution is 5.78. The normalized spacial score (nSPS) is 23.4. The van der Waals surface area contributed by atoms with Crippen molar-refractivity contribution in [1.82, 2.24) is 19.8 Å². The fraction of sp³-hybridized carbons (Fsp3) is 0.421. The van der Waals surface area contributed by atoms with Gasteiger partial charge in [0.25, 0.3) is 0 Å². The van der Waals surface area contributed by atoms with Crippen LogP contribution in [0.3, 0.4) is 0 Å². The predicted octanol–water partition coefficient (Wildman–Crippen LogP) is 1.82. The van der Waals surface area contributed by atoms with Gasteiger partial charge in [0.15, 0.2) is 11.9 Å². The van der Waals surface area contributed by atoms with Gasteiger partial charge in [0.05, 0.1) is 12.2 Å². The maximum absolute atomic E-state index is 12.0. The molecule has 4 rings (SSSR count). The second-order valence-electron chi connectivity index (χ2n) is 6.85. The summed E-state index contributed by atoms with van der Waals surface area (Å²) in [5.74, 6) is 1.78. The minimum atomic E-state index is -0.135. The third-order valence-corrected chi connectivity index (χ3v) is 4.96. The summed E-state index contributed by atoms with van der Waals surface area (Å²) < 4.78 is 5.99. The van der Waals surface area contributed by atoms with Gasteiger partial charge >= 0.3 is 0 Å². The lowest BCUT2D eigenvalue weighted by molar-refractivity contribution is -0.136. The first-order chi connectivity index (χ1) is 12.1. The standard InChI is InChI=1S/C19H22N4O2/c1-13-10-22(2)18(24)12-23(13)11-15-7-8-20-19(21-15)17-9-14-5-3-4-6-16(14)25-17/h3-8,13,17H,9-12H2,1-2H3. The highest BCUT2D eigenvalue weighted by atomic mass is 16.5. The van der Waals surface area contributed by atoms with Gasteiger partial charge in [0.2, 0.25) is 5.91 Å². The van der Waals surface area contributed by atoms with E-state index in [2.05, 4.69) is 22.9 Å². The van der Waals surface area contributed by atoms with Gasteiger partial charge in [-0.15, -0.1) is 0 Å². The van der Waals surface area contributed by atoms with Crippen molar-refractivity contribution < 1.29 is 9.53 Å². The van der Waals surface area contributed by atoms with E-state index in [1.165, 1.54) is 5.56 Å². The van der Waals surface area contributed by atoms with Gasteiger partial charge in [-0.1, -0.05) is 18.2 Å². The predicted molar refractivity (Wildman–Crippen MR) is 93.1 cm³/mol. The molecule has 2 atom stereocenters. The van der Waals surface area contributed by atoms with E-state index in [1.54, 1.807) is 11.1 Å². The minimum absolute atomic E-state index is 0.135. The summed E-state index contributed by atoms with van der Waals surface area (Å²) >= 11 is 0. The van der Waals surface area contributed by atoms with Crippen LogP contribution in [0.1, 0.15) is 30.1 Å². The van der Waals surface area contributed by atoms with Gasteiger partial charge in [-0.25, -0.2) is 9.97 Å². The molecule has 2 aromatic rings. The van der Waals surface area contributed by atoms with E-state index in [4.69, 9.17) is 9.72 Å². The zero-order valence-electron chi connectivity index (χ0n) is 14.6. The molecule has 0 saturated carbocycles. The quantitative estimate of drug-likeness (QED) is 0.854. The van der Waals surface area contributed by atoms with Crippen LogP contribution in [0.4, 0.5) is 0 Å². The number of hydrogen-bond donors (Lipinski definition) is 0. The molecule has 6 heteroatoms. The Kier molecular flexibility index (Phi) is 4.13. The lowest BCUT2D eigenvalue weighted by atomic mass is 10.1. The minimum Gasteiger partial charge on any atom is -0.482 e. The van der Waals surface area contributed by atoms with Crippen LogP contribution in [-0.4, -0.2) is 51.9 Å². The fourth-order valence-electron chi connectivity index (χ4n) is 3.47. The third-order valence-electron chi connectivity index (χ3n) is 4.96. The molecule has 2 aliphatic rings. The Morgan fingerprint density at radius 2 is 2.12 bits per heavy atom. The number of benzene rings is 1. The van der Waals surface area contributed by atoms with Crippen molar-refractivity contribution in [3.8, 4) is 5.75 Å². The summed E-state index contributed by atoms with van der Waals surface area (Å²) in [6.45, 7) is 3.97. The van der Waals surface area contributed by atoms with E-state index < -0.39 is 0 Å². The molecule has 1 aromatic heterocycles. The summed E-state index contributed by atoms with van der Waals surface area (Å²) in [5.41, 5.74) is 2.12. The number of carbonyl (C=O) groups is 1. The van der Waals surface area contributed by atoms with Crippen LogP contribution in [0.5, 0.6) is 5.75 Å². The first kappa shape index (κ1) is 16.0. The van der Waals surface area contributed by atoms with E-state index in [-0.39, 0.29) is 12.0 Å². The van der Waals surface area contributed by atoms with Gasteiger partial charge in [-0.05, 0) is 24.6 Å². The first-order valence-electron chi connectivity index (χ1n) is 8.64. The molecule has 1 fully saturated rings. The third kappa shape index (κ3) is 3.22. The highest BCUT2D eigenvalue weighted by Gasteiger charge is 2.29. The number of amides is 1. The van der Waals surface area contributed by atoms with Gasteiger partial charge in [0, 0.05) is 38.8 Å². The van der Waals surface area contributed by atoms with Gasteiger partial charge in [0.1, 0.15) is 5.75 Å². The van der Waals surface area contributed by atoms with Crippen molar-refractivity contribution in [2.75, 3.05) is 20.1 Å². The van der Waals surface area contributed by atoms with Gasteiger partial charge in [-0.3, -0.25) is 9.69 Å². The van der Waals surface area contributed by atoms with Crippen molar-refractivity contribution in [3.05, 3.63) is 53.6 Å². The van der Waals surface area contributed by atoms with Crippen molar-refractivity contribution in [2.24, 2.45) is 0 Å².